The third-order valence-corrected chi connectivity index (χ3v) is 4.35. The molecule has 0 aromatic carbocycles. The summed E-state index contributed by atoms with van der Waals surface area (Å²) in [7, 11) is 1.80. The average Bonchev–Trinajstić information content (AvgIpc) is 3.03. The fraction of sp³-hybridized carbons (Fsp3) is 0.500. The van der Waals surface area contributed by atoms with Gasteiger partial charge in [-0.05, 0) is 44.4 Å². The van der Waals surface area contributed by atoms with Crippen LogP contribution in [0.3, 0.4) is 0 Å². The summed E-state index contributed by atoms with van der Waals surface area (Å²) in [6, 6.07) is 6.70. The third kappa shape index (κ3) is 3.93. The van der Waals surface area contributed by atoms with Crippen LogP contribution in [0.1, 0.15) is 43.3 Å². The molecule has 0 aliphatic heterocycles. The van der Waals surface area contributed by atoms with Crippen molar-refractivity contribution in [3.05, 3.63) is 47.5 Å². The lowest BCUT2D eigenvalue weighted by atomic mass is 9.94. The average molecular weight is 326 g/mol. The Kier molecular flexibility index (Phi) is 5.13. The minimum Gasteiger partial charge on any atom is -0.353 e. The predicted molar refractivity (Wildman–Crippen MR) is 96.0 cm³/mol. The van der Waals surface area contributed by atoms with Gasteiger partial charge in [0.1, 0.15) is 0 Å². The standard InChI is InChI=1S/C18H26N6/c1-13(2)24-12-14-7-8-15(10-17(14)23-24)22-18(19-3)21-11-16-6-4-5-9-20-16/h4-6,9,12-13,15H,7-8,10-11H2,1-3H3,(H2,19,21,22). The molecule has 6 heteroatoms. The number of aryl methyl sites for hydroxylation is 1. The number of hydrogen-bond donors (Lipinski definition) is 2. The molecule has 0 bridgehead atoms. The Morgan fingerprint density at radius 3 is 3.00 bits per heavy atom. The summed E-state index contributed by atoms with van der Waals surface area (Å²) in [5, 5.41) is 11.6. The van der Waals surface area contributed by atoms with Crippen LogP contribution in [0.15, 0.2) is 35.6 Å². The maximum absolute atomic E-state index is 4.73. The molecular formula is C18H26N6. The number of aliphatic imine (C=N–C) groups is 1. The van der Waals surface area contributed by atoms with Crippen LogP contribution in [0.5, 0.6) is 0 Å². The number of guanidine groups is 1. The second kappa shape index (κ2) is 7.47. The molecule has 1 aliphatic carbocycles. The highest BCUT2D eigenvalue weighted by atomic mass is 15.3. The van der Waals surface area contributed by atoms with Crippen LogP contribution < -0.4 is 10.6 Å². The summed E-state index contributed by atoms with van der Waals surface area (Å²) < 4.78 is 2.07. The normalized spacial score (nSPS) is 17.7. The van der Waals surface area contributed by atoms with E-state index in [4.69, 9.17) is 5.10 Å². The van der Waals surface area contributed by atoms with Crippen LogP contribution >= 0.6 is 0 Å². The molecule has 2 aromatic heterocycles. The Balaban J connectivity index is 1.57. The lowest BCUT2D eigenvalue weighted by molar-refractivity contribution is 0.499. The molecule has 2 N–H and O–H groups in total. The lowest BCUT2D eigenvalue weighted by Gasteiger charge is -2.24. The van der Waals surface area contributed by atoms with Crippen LogP contribution in [-0.4, -0.2) is 33.8 Å². The first-order valence-electron chi connectivity index (χ1n) is 8.59. The molecule has 1 aliphatic rings. The molecule has 3 rings (SSSR count). The predicted octanol–water partition coefficient (Wildman–Crippen LogP) is 2.08. The van der Waals surface area contributed by atoms with Crippen LogP contribution in [-0.2, 0) is 19.4 Å². The quantitative estimate of drug-likeness (QED) is 0.667. The number of rotatable bonds is 4. The van der Waals surface area contributed by atoms with Crippen molar-refractivity contribution in [2.45, 2.75) is 51.7 Å². The Bertz CT molecular complexity index is 689. The van der Waals surface area contributed by atoms with Crippen molar-refractivity contribution >= 4 is 5.96 Å². The molecule has 0 radical (unpaired) electrons. The number of pyridine rings is 1. The highest BCUT2D eigenvalue weighted by molar-refractivity contribution is 5.80. The van der Waals surface area contributed by atoms with Crippen LogP contribution in [0, 0.1) is 0 Å². The molecule has 2 heterocycles. The molecule has 0 saturated heterocycles. The minimum atomic E-state index is 0.364. The minimum absolute atomic E-state index is 0.364. The van der Waals surface area contributed by atoms with Crippen molar-refractivity contribution in [2.24, 2.45) is 4.99 Å². The van der Waals surface area contributed by atoms with E-state index in [0.717, 1.165) is 30.9 Å². The van der Waals surface area contributed by atoms with Crippen molar-refractivity contribution < 1.29 is 0 Å². The van der Waals surface area contributed by atoms with Gasteiger partial charge in [0.25, 0.3) is 0 Å². The number of fused-ring (bicyclic) bond motifs is 1. The van der Waals surface area contributed by atoms with Gasteiger partial charge in [-0.2, -0.15) is 5.10 Å². The number of nitrogens with one attached hydrogen (secondary N) is 2. The van der Waals surface area contributed by atoms with Gasteiger partial charge in [0.2, 0.25) is 0 Å². The summed E-state index contributed by atoms with van der Waals surface area (Å²) in [5.74, 6) is 0.817. The second-order valence-corrected chi connectivity index (χ2v) is 6.51. The highest BCUT2D eigenvalue weighted by Crippen LogP contribution is 2.21. The van der Waals surface area contributed by atoms with Crippen molar-refractivity contribution in [2.75, 3.05) is 7.05 Å². The maximum Gasteiger partial charge on any atom is 0.191 e. The summed E-state index contributed by atoms with van der Waals surface area (Å²) >= 11 is 0. The van der Waals surface area contributed by atoms with E-state index in [1.807, 2.05) is 18.2 Å². The largest absolute Gasteiger partial charge is 0.353 e. The molecule has 128 valence electrons. The zero-order valence-corrected chi connectivity index (χ0v) is 14.7. The molecule has 2 aromatic rings. The van der Waals surface area contributed by atoms with E-state index in [0.29, 0.717) is 18.6 Å². The highest BCUT2D eigenvalue weighted by Gasteiger charge is 2.22. The lowest BCUT2D eigenvalue weighted by Crippen LogP contribution is -2.45. The summed E-state index contributed by atoms with van der Waals surface area (Å²) in [4.78, 5) is 8.65. The summed E-state index contributed by atoms with van der Waals surface area (Å²) in [5.41, 5.74) is 3.60. The fourth-order valence-corrected chi connectivity index (χ4v) is 2.97. The molecule has 1 atom stereocenters. The second-order valence-electron chi connectivity index (χ2n) is 6.51. The topological polar surface area (TPSA) is 67.1 Å². The Morgan fingerprint density at radius 1 is 1.42 bits per heavy atom. The van der Waals surface area contributed by atoms with E-state index in [-0.39, 0.29) is 0 Å². The third-order valence-electron chi connectivity index (χ3n) is 4.35. The first kappa shape index (κ1) is 16.5. The van der Waals surface area contributed by atoms with Gasteiger partial charge in [-0.3, -0.25) is 14.7 Å². The van der Waals surface area contributed by atoms with Crippen LogP contribution in [0.2, 0.25) is 0 Å². The zero-order chi connectivity index (χ0) is 16.9. The summed E-state index contributed by atoms with van der Waals surface area (Å²) in [6.45, 7) is 5.00. The Hall–Kier alpha value is -2.37. The van der Waals surface area contributed by atoms with Crippen LogP contribution in [0.4, 0.5) is 0 Å². The number of hydrogen-bond acceptors (Lipinski definition) is 3. The van der Waals surface area contributed by atoms with E-state index in [9.17, 15) is 0 Å². The van der Waals surface area contributed by atoms with Gasteiger partial charge < -0.3 is 10.6 Å². The monoisotopic (exact) mass is 326 g/mol. The van der Waals surface area contributed by atoms with E-state index >= 15 is 0 Å². The van der Waals surface area contributed by atoms with Gasteiger partial charge in [0.05, 0.1) is 17.9 Å². The molecule has 0 saturated carbocycles. The van der Waals surface area contributed by atoms with Crippen molar-refractivity contribution in [3.63, 3.8) is 0 Å². The van der Waals surface area contributed by atoms with Gasteiger partial charge in [0, 0.05) is 37.9 Å². The molecular weight excluding hydrogens is 300 g/mol. The van der Waals surface area contributed by atoms with Gasteiger partial charge in [-0.15, -0.1) is 0 Å². The Morgan fingerprint density at radius 2 is 2.29 bits per heavy atom. The Labute approximate surface area is 143 Å². The SMILES string of the molecule is CN=C(NCc1ccccn1)NC1CCc2cn(C(C)C)nc2C1. The first-order chi connectivity index (χ1) is 11.7. The van der Waals surface area contributed by atoms with Crippen molar-refractivity contribution in [1.29, 1.82) is 0 Å². The zero-order valence-electron chi connectivity index (χ0n) is 14.7. The molecule has 1 unspecified atom stereocenters. The van der Waals surface area contributed by atoms with Gasteiger partial charge >= 0.3 is 0 Å². The van der Waals surface area contributed by atoms with Crippen molar-refractivity contribution in [1.82, 2.24) is 25.4 Å². The van der Waals surface area contributed by atoms with Crippen molar-refractivity contribution in [3.8, 4) is 0 Å². The van der Waals surface area contributed by atoms with Crippen LogP contribution in [0.25, 0.3) is 0 Å². The maximum atomic E-state index is 4.73. The molecule has 0 amide bonds. The van der Waals surface area contributed by atoms with E-state index in [1.54, 1.807) is 13.2 Å². The molecule has 0 spiro atoms. The van der Waals surface area contributed by atoms with E-state index in [2.05, 4.69) is 45.3 Å². The molecule has 0 fully saturated rings. The van der Waals surface area contributed by atoms with Gasteiger partial charge in [-0.25, -0.2) is 0 Å². The summed E-state index contributed by atoms with van der Waals surface area (Å²) in [6.07, 6.45) is 7.11. The molecule has 24 heavy (non-hydrogen) atoms. The first-order valence-corrected chi connectivity index (χ1v) is 8.59. The number of aromatic nitrogens is 3. The molecule has 6 nitrogen and oxygen atoms in total. The van der Waals surface area contributed by atoms with E-state index < -0.39 is 0 Å². The van der Waals surface area contributed by atoms with Gasteiger partial charge in [-0.1, -0.05) is 6.07 Å². The smallest absolute Gasteiger partial charge is 0.191 e. The van der Waals surface area contributed by atoms with E-state index in [1.165, 1.54) is 11.3 Å². The number of nitrogens with zero attached hydrogens (tertiary/aromatic N) is 4. The van der Waals surface area contributed by atoms with Gasteiger partial charge in [0.15, 0.2) is 5.96 Å². The fourth-order valence-electron chi connectivity index (χ4n) is 2.97.